The molecule has 0 unspecified atom stereocenters. The molecule has 0 bridgehead atoms. The van der Waals surface area contributed by atoms with Crippen LogP contribution in [0.3, 0.4) is 0 Å². The molecule has 0 radical (unpaired) electrons. The van der Waals surface area contributed by atoms with Gasteiger partial charge in [0.15, 0.2) is 0 Å². The minimum atomic E-state index is -0.289. The summed E-state index contributed by atoms with van der Waals surface area (Å²) < 4.78 is 0. The van der Waals surface area contributed by atoms with Crippen LogP contribution in [0.15, 0.2) is 133 Å². The van der Waals surface area contributed by atoms with E-state index in [0.29, 0.717) is 0 Å². The molecule has 388 valence electrons. The van der Waals surface area contributed by atoms with Gasteiger partial charge in [-0.3, -0.25) is 0 Å². The van der Waals surface area contributed by atoms with Crippen molar-refractivity contribution in [2.75, 3.05) is 9.71 Å². The van der Waals surface area contributed by atoms with Crippen molar-refractivity contribution in [1.82, 2.24) is 0 Å². The van der Waals surface area contributed by atoms with E-state index in [-0.39, 0.29) is 44.8 Å². The standard InChI is InChI=1S/C74H79BN2/c1-44-37-55-59(73(12,13)36-33-69(55,4)5)43-61(44)76-62-38-46(45-21-17-16-18-22-45)25-30-60(62)75-66-63(76)39-47-23-19-20-24-49(47)64(66)51-28-27-50-52-41-57-58(72(10,11)35-34-71(57,8)9)42-54(52)74(14,15)65(50)67(51)77(75)48-26-29-53-56(40-48)70(6,7)32-31-68(53,2)3/h16-30,37-43H,31-36H2,1-15H3. The summed E-state index contributed by atoms with van der Waals surface area (Å²) in [6.07, 6.45) is 7.11. The van der Waals surface area contributed by atoms with Crippen LogP contribution in [-0.2, 0) is 37.9 Å². The molecule has 0 atom stereocenters. The third kappa shape index (κ3) is 6.80. The van der Waals surface area contributed by atoms with Gasteiger partial charge in [0.25, 0.3) is 0 Å². The number of fused-ring (bicyclic) bond motifs is 13. The molecule has 0 aromatic heterocycles. The molecule has 2 nitrogen and oxygen atoms in total. The predicted octanol–water partition coefficient (Wildman–Crippen LogP) is 18.9. The average molecular weight is 1010 g/mol. The molecule has 77 heavy (non-hydrogen) atoms. The van der Waals surface area contributed by atoms with E-state index in [1.54, 1.807) is 5.56 Å². The first kappa shape index (κ1) is 49.0. The summed E-state index contributed by atoms with van der Waals surface area (Å²) in [6.45, 7) is 37.2. The molecule has 2 heterocycles. The minimum Gasteiger partial charge on any atom is -0.376 e. The highest BCUT2D eigenvalue weighted by atomic mass is 15.2. The van der Waals surface area contributed by atoms with Crippen LogP contribution in [-0.4, -0.2) is 6.85 Å². The van der Waals surface area contributed by atoms with Gasteiger partial charge in [-0.1, -0.05) is 194 Å². The van der Waals surface area contributed by atoms with Crippen LogP contribution in [0.5, 0.6) is 0 Å². The van der Waals surface area contributed by atoms with E-state index in [0.717, 1.165) is 0 Å². The summed E-state index contributed by atoms with van der Waals surface area (Å²) in [7, 11) is 0. The van der Waals surface area contributed by atoms with Crippen LogP contribution in [0, 0.1) is 6.92 Å². The van der Waals surface area contributed by atoms with Crippen LogP contribution < -0.4 is 20.6 Å². The molecular weight excluding hydrogens is 928 g/mol. The molecular formula is C74H79BN2. The van der Waals surface area contributed by atoms with Gasteiger partial charge in [0, 0.05) is 39.4 Å². The molecule has 4 aliphatic carbocycles. The van der Waals surface area contributed by atoms with Crippen LogP contribution in [0.4, 0.5) is 28.4 Å². The number of rotatable bonds is 3. The van der Waals surface area contributed by atoms with Gasteiger partial charge in [-0.25, -0.2) is 0 Å². The van der Waals surface area contributed by atoms with Crippen molar-refractivity contribution in [3.63, 3.8) is 0 Å². The lowest BCUT2D eigenvalue weighted by molar-refractivity contribution is 0.331. The van der Waals surface area contributed by atoms with E-state index >= 15 is 0 Å². The van der Waals surface area contributed by atoms with Crippen molar-refractivity contribution < 1.29 is 0 Å². The Balaban J connectivity index is 1.13. The second kappa shape index (κ2) is 15.7. The lowest BCUT2D eigenvalue weighted by Crippen LogP contribution is -2.62. The van der Waals surface area contributed by atoms with Gasteiger partial charge in [-0.15, -0.1) is 0 Å². The minimum absolute atomic E-state index is 0.0315. The molecule has 0 spiro atoms. The topological polar surface area (TPSA) is 6.48 Å². The molecule has 3 heteroatoms. The summed E-state index contributed by atoms with van der Waals surface area (Å²) in [4.78, 5) is 5.61. The second-order valence-corrected chi connectivity index (χ2v) is 29.3. The summed E-state index contributed by atoms with van der Waals surface area (Å²) in [5, 5.41) is 2.61. The van der Waals surface area contributed by atoms with Crippen molar-refractivity contribution in [3.05, 3.63) is 184 Å². The molecule has 2 aliphatic heterocycles. The summed E-state index contributed by atoms with van der Waals surface area (Å²) >= 11 is 0. The van der Waals surface area contributed by atoms with Gasteiger partial charge in [-0.05, 0) is 214 Å². The zero-order valence-electron chi connectivity index (χ0n) is 48.9. The normalized spacial score (nSPS) is 20.5. The van der Waals surface area contributed by atoms with Crippen LogP contribution in [0.2, 0.25) is 0 Å². The Bertz CT molecular complexity index is 3880. The number of hydrogen-bond acceptors (Lipinski definition) is 2. The van der Waals surface area contributed by atoms with Gasteiger partial charge in [0.1, 0.15) is 0 Å². The predicted molar refractivity (Wildman–Crippen MR) is 331 cm³/mol. The van der Waals surface area contributed by atoms with Crippen molar-refractivity contribution in [2.45, 2.75) is 180 Å². The Morgan fingerprint density at radius 1 is 0.403 bits per heavy atom. The zero-order chi connectivity index (χ0) is 53.9. The Hall–Kier alpha value is -6.32. The third-order valence-corrected chi connectivity index (χ3v) is 21.3. The molecule has 14 rings (SSSR count). The zero-order valence-corrected chi connectivity index (χ0v) is 48.9. The summed E-state index contributed by atoms with van der Waals surface area (Å²) in [5.74, 6) is 0. The highest BCUT2D eigenvalue weighted by Gasteiger charge is 2.52. The van der Waals surface area contributed by atoms with Gasteiger partial charge < -0.3 is 9.71 Å². The summed E-state index contributed by atoms with van der Waals surface area (Å²) in [5.41, 5.74) is 30.8. The van der Waals surface area contributed by atoms with Gasteiger partial charge >= 0.3 is 6.85 Å². The Kier molecular flexibility index (Phi) is 10.00. The monoisotopic (exact) mass is 1010 g/mol. The fraction of sp³-hybridized carbons (Fsp3) is 0.378. The quantitative estimate of drug-likeness (QED) is 0.163. The average Bonchev–Trinajstić information content (AvgIpc) is 3.83. The van der Waals surface area contributed by atoms with Crippen LogP contribution >= 0.6 is 0 Å². The van der Waals surface area contributed by atoms with E-state index in [4.69, 9.17) is 0 Å². The van der Waals surface area contributed by atoms with E-state index < -0.39 is 0 Å². The van der Waals surface area contributed by atoms with Gasteiger partial charge in [0.2, 0.25) is 0 Å². The van der Waals surface area contributed by atoms with E-state index in [1.807, 2.05) is 0 Å². The third-order valence-electron chi connectivity index (χ3n) is 21.3. The number of aryl methyl sites for hydroxylation is 1. The number of benzene rings is 8. The van der Waals surface area contributed by atoms with Gasteiger partial charge in [-0.2, -0.15) is 0 Å². The van der Waals surface area contributed by atoms with E-state index in [2.05, 4.69) is 247 Å². The maximum absolute atomic E-state index is 2.89. The maximum atomic E-state index is 2.89. The van der Waals surface area contributed by atoms with Crippen molar-refractivity contribution in [1.29, 1.82) is 0 Å². The van der Waals surface area contributed by atoms with Crippen molar-refractivity contribution in [2.24, 2.45) is 0 Å². The maximum Gasteiger partial charge on any atom is 0.333 e. The Morgan fingerprint density at radius 3 is 1.62 bits per heavy atom. The Morgan fingerprint density at radius 2 is 0.961 bits per heavy atom. The first-order chi connectivity index (χ1) is 36.3. The molecule has 8 aromatic rings. The molecule has 0 saturated heterocycles. The largest absolute Gasteiger partial charge is 0.376 e. The highest BCUT2D eigenvalue weighted by Crippen LogP contribution is 2.62. The molecule has 0 fully saturated rings. The Labute approximate surface area is 461 Å². The lowest BCUT2D eigenvalue weighted by atomic mass is 9.42. The molecule has 8 aromatic carbocycles. The number of anilines is 5. The smallest absolute Gasteiger partial charge is 0.333 e. The molecule has 0 saturated carbocycles. The highest BCUT2D eigenvalue weighted by molar-refractivity contribution is 6.94. The number of nitrogens with zero attached hydrogens (tertiary/aromatic N) is 2. The van der Waals surface area contributed by atoms with Crippen molar-refractivity contribution >= 4 is 57.0 Å². The fourth-order valence-electron chi connectivity index (χ4n) is 16.2. The molecule has 0 N–H and O–H groups in total. The SMILES string of the molecule is Cc1cc2c(cc1N1c3cc(-c4ccccc4)ccc3B3c4c1cc1ccccc1c4-c1ccc4c(c1N3c1ccc3c(c1)C(C)(C)CCC3(C)C)C(C)(C)c1cc3c(cc1-4)C(C)(C)CCC3(C)C)C(C)(C)CCC2(C)C. The number of hydrogen-bond donors (Lipinski definition) is 0. The van der Waals surface area contributed by atoms with Crippen LogP contribution in [0.1, 0.15) is 186 Å². The summed E-state index contributed by atoms with van der Waals surface area (Å²) in [6, 6.07) is 53.8. The second-order valence-electron chi connectivity index (χ2n) is 29.3. The molecule has 0 amide bonds. The first-order valence-electron chi connectivity index (χ1n) is 29.3. The molecule has 6 aliphatic rings. The first-order valence-corrected chi connectivity index (χ1v) is 29.3. The van der Waals surface area contributed by atoms with E-state index in [9.17, 15) is 0 Å². The van der Waals surface area contributed by atoms with Crippen molar-refractivity contribution in [3.8, 4) is 33.4 Å². The fourth-order valence-corrected chi connectivity index (χ4v) is 16.2. The van der Waals surface area contributed by atoms with Crippen LogP contribution in [0.25, 0.3) is 44.2 Å². The van der Waals surface area contributed by atoms with Gasteiger partial charge in [0.05, 0.1) is 0 Å². The lowest BCUT2D eigenvalue weighted by Gasteiger charge is -2.49. The van der Waals surface area contributed by atoms with E-state index in [1.165, 1.54) is 167 Å².